The molecule has 0 spiro atoms. The highest BCUT2D eigenvalue weighted by molar-refractivity contribution is 6.33. The third-order valence-electron chi connectivity index (χ3n) is 6.06. The molecule has 2 amide bonds. The van der Waals surface area contributed by atoms with E-state index in [4.69, 9.17) is 16.1 Å². The lowest BCUT2D eigenvalue weighted by molar-refractivity contribution is 0.140. The van der Waals surface area contributed by atoms with Crippen molar-refractivity contribution in [3.8, 4) is 11.4 Å². The Labute approximate surface area is 179 Å². The van der Waals surface area contributed by atoms with Gasteiger partial charge in [0.05, 0.1) is 10.7 Å². The summed E-state index contributed by atoms with van der Waals surface area (Å²) in [4.78, 5) is 23.6. The van der Waals surface area contributed by atoms with Crippen molar-refractivity contribution in [1.82, 2.24) is 20.0 Å². The van der Waals surface area contributed by atoms with Crippen LogP contribution in [0.15, 0.2) is 47.2 Å². The number of nitrogens with one attached hydrogen (secondary N) is 1. The molecule has 154 valence electrons. The number of aromatic nitrogens is 3. The number of fused-ring (bicyclic) bond motifs is 2. The molecule has 7 nitrogen and oxygen atoms in total. The van der Waals surface area contributed by atoms with Crippen molar-refractivity contribution in [2.45, 2.75) is 50.6 Å². The lowest BCUT2D eigenvalue weighted by Crippen LogP contribution is -2.48. The van der Waals surface area contributed by atoms with Gasteiger partial charge in [0.15, 0.2) is 0 Å². The summed E-state index contributed by atoms with van der Waals surface area (Å²) < 4.78 is 5.58. The number of aryl methyl sites for hydroxylation is 1. The second-order valence-corrected chi connectivity index (χ2v) is 8.47. The second-order valence-electron chi connectivity index (χ2n) is 8.07. The molecule has 2 fully saturated rings. The number of carbonyl (C=O) groups is 1. The van der Waals surface area contributed by atoms with E-state index in [2.05, 4.69) is 20.4 Å². The van der Waals surface area contributed by atoms with E-state index in [1.807, 2.05) is 42.2 Å². The average Bonchev–Trinajstić information content (AvgIpc) is 3.34. The molecule has 0 saturated carbocycles. The Bertz CT molecular complexity index is 1060. The number of amides is 2. The molecule has 8 heteroatoms. The number of rotatable bonds is 3. The van der Waals surface area contributed by atoms with E-state index >= 15 is 0 Å². The first-order valence-electron chi connectivity index (χ1n) is 10.2. The number of piperidine rings is 1. The summed E-state index contributed by atoms with van der Waals surface area (Å²) in [6.07, 6.45) is 7.04. The van der Waals surface area contributed by atoms with E-state index in [1.165, 1.54) is 0 Å². The molecule has 1 aromatic carbocycles. The van der Waals surface area contributed by atoms with Crippen LogP contribution in [0.2, 0.25) is 5.02 Å². The topological polar surface area (TPSA) is 84.2 Å². The summed E-state index contributed by atoms with van der Waals surface area (Å²) in [5.74, 6) is 1.40. The first kappa shape index (κ1) is 19.1. The van der Waals surface area contributed by atoms with E-state index in [0.29, 0.717) is 22.4 Å². The van der Waals surface area contributed by atoms with Crippen LogP contribution in [0.25, 0.3) is 11.4 Å². The Balaban J connectivity index is 1.29. The van der Waals surface area contributed by atoms with Gasteiger partial charge in [-0.2, -0.15) is 4.98 Å². The molecule has 1 unspecified atom stereocenters. The monoisotopic (exact) mass is 423 g/mol. The first-order chi connectivity index (χ1) is 14.6. The minimum absolute atomic E-state index is 0.0882. The maximum atomic E-state index is 13.0. The van der Waals surface area contributed by atoms with Gasteiger partial charge in [0.25, 0.3) is 0 Å². The van der Waals surface area contributed by atoms with Gasteiger partial charge in [0.1, 0.15) is 0 Å². The maximum absolute atomic E-state index is 13.0. The zero-order chi connectivity index (χ0) is 20.7. The third kappa shape index (κ3) is 3.54. The standard InChI is InChI=1S/C22H22ClN5O2/c1-13-2-5-19(18(23)10-13)25-22(29)28-16-3-4-17(28)12-15(11-16)21-26-20(27-30-21)14-6-8-24-9-7-14/h2,5-10,15-17H,3-4,11-12H2,1H3,(H,25,29)/t15?,16-,17+. The van der Waals surface area contributed by atoms with E-state index in [9.17, 15) is 4.79 Å². The smallest absolute Gasteiger partial charge is 0.322 e. The molecule has 1 N–H and O–H groups in total. The quantitative estimate of drug-likeness (QED) is 0.638. The summed E-state index contributed by atoms with van der Waals surface area (Å²) in [7, 11) is 0. The zero-order valence-electron chi connectivity index (χ0n) is 16.6. The molecule has 2 aliphatic heterocycles. The molecule has 3 aromatic rings. The molecule has 0 aliphatic carbocycles. The first-order valence-corrected chi connectivity index (χ1v) is 10.6. The summed E-state index contributed by atoms with van der Waals surface area (Å²) in [5.41, 5.74) is 2.59. The zero-order valence-corrected chi connectivity index (χ0v) is 17.3. The highest BCUT2D eigenvalue weighted by Crippen LogP contribution is 2.43. The highest BCUT2D eigenvalue weighted by atomic mass is 35.5. The molecule has 2 aliphatic rings. The average molecular weight is 424 g/mol. The molecule has 4 heterocycles. The van der Waals surface area contributed by atoms with Gasteiger partial charge in [-0.3, -0.25) is 4.98 Å². The maximum Gasteiger partial charge on any atom is 0.322 e. The lowest BCUT2D eigenvalue weighted by atomic mass is 9.91. The fraction of sp³-hybridized carbons (Fsp3) is 0.364. The summed E-state index contributed by atoms with van der Waals surface area (Å²) in [5, 5.41) is 7.68. The lowest BCUT2D eigenvalue weighted by Gasteiger charge is -2.37. The number of hydrogen-bond acceptors (Lipinski definition) is 5. The number of benzene rings is 1. The van der Waals surface area contributed by atoms with E-state index in [1.54, 1.807) is 12.4 Å². The van der Waals surface area contributed by atoms with Crippen molar-refractivity contribution < 1.29 is 9.32 Å². The Morgan fingerprint density at radius 2 is 1.90 bits per heavy atom. The molecule has 30 heavy (non-hydrogen) atoms. The fourth-order valence-electron chi connectivity index (χ4n) is 4.63. The van der Waals surface area contributed by atoms with E-state index in [0.717, 1.165) is 36.8 Å². The Morgan fingerprint density at radius 1 is 1.17 bits per heavy atom. The number of anilines is 1. The Kier molecular flexibility index (Phi) is 4.90. The van der Waals surface area contributed by atoms with Crippen LogP contribution in [0.3, 0.4) is 0 Å². The van der Waals surface area contributed by atoms with Crippen LogP contribution in [0, 0.1) is 6.92 Å². The van der Waals surface area contributed by atoms with Crippen LogP contribution in [0.5, 0.6) is 0 Å². The van der Waals surface area contributed by atoms with Gasteiger partial charge in [0.2, 0.25) is 11.7 Å². The van der Waals surface area contributed by atoms with Crippen molar-refractivity contribution in [3.63, 3.8) is 0 Å². The van der Waals surface area contributed by atoms with Crippen LogP contribution in [0.4, 0.5) is 10.5 Å². The molecule has 2 bridgehead atoms. The SMILES string of the molecule is Cc1ccc(NC(=O)N2[C@@H]3CC[C@H]2CC(c2nc(-c4ccncc4)no2)C3)c(Cl)c1. The minimum Gasteiger partial charge on any atom is -0.339 e. The molecule has 0 radical (unpaired) electrons. The molecule has 2 aromatic heterocycles. The van der Waals surface area contributed by atoms with Gasteiger partial charge in [-0.15, -0.1) is 0 Å². The third-order valence-corrected chi connectivity index (χ3v) is 6.38. The van der Waals surface area contributed by atoms with Gasteiger partial charge in [-0.05, 0) is 62.4 Å². The molecular weight excluding hydrogens is 402 g/mol. The van der Waals surface area contributed by atoms with Gasteiger partial charge in [-0.1, -0.05) is 22.8 Å². The molecular formula is C22H22ClN5O2. The highest BCUT2D eigenvalue weighted by Gasteiger charge is 2.45. The molecule has 5 rings (SSSR count). The van der Waals surface area contributed by atoms with Gasteiger partial charge < -0.3 is 14.7 Å². The largest absolute Gasteiger partial charge is 0.339 e. The van der Waals surface area contributed by atoms with Crippen LogP contribution < -0.4 is 5.32 Å². The fourth-order valence-corrected chi connectivity index (χ4v) is 4.91. The summed E-state index contributed by atoms with van der Waals surface area (Å²) in [6.45, 7) is 1.97. The van der Waals surface area contributed by atoms with Crippen LogP contribution in [-0.2, 0) is 0 Å². The summed E-state index contributed by atoms with van der Waals surface area (Å²) >= 11 is 6.29. The number of carbonyl (C=O) groups excluding carboxylic acids is 1. The van der Waals surface area contributed by atoms with E-state index < -0.39 is 0 Å². The number of pyridine rings is 1. The van der Waals surface area contributed by atoms with Crippen molar-refractivity contribution in [2.75, 3.05) is 5.32 Å². The Morgan fingerprint density at radius 3 is 2.60 bits per heavy atom. The van der Waals surface area contributed by atoms with E-state index in [-0.39, 0.29) is 24.0 Å². The van der Waals surface area contributed by atoms with Crippen molar-refractivity contribution in [2.24, 2.45) is 0 Å². The number of urea groups is 1. The van der Waals surface area contributed by atoms with Crippen molar-refractivity contribution in [3.05, 3.63) is 59.2 Å². The van der Waals surface area contributed by atoms with Crippen LogP contribution >= 0.6 is 11.6 Å². The number of nitrogens with zero attached hydrogens (tertiary/aromatic N) is 4. The summed E-state index contributed by atoms with van der Waals surface area (Å²) in [6, 6.07) is 9.61. The predicted octanol–water partition coefficient (Wildman–Crippen LogP) is 5.04. The van der Waals surface area contributed by atoms with Gasteiger partial charge in [0, 0.05) is 36.0 Å². The Hall–Kier alpha value is -2.93. The molecule has 3 atom stereocenters. The van der Waals surface area contributed by atoms with Crippen LogP contribution in [-0.4, -0.2) is 38.1 Å². The molecule has 2 saturated heterocycles. The van der Waals surface area contributed by atoms with Gasteiger partial charge in [-0.25, -0.2) is 4.79 Å². The number of halogens is 1. The van der Waals surface area contributed by atoms with Gasteiger partial charge >= 0.3 is 6.03 Å². The van der Waals surface area contributed by atoms with Crippen molar-refractivity contribution in [1.29, 1.82) is 0 Å². The van der Waals surface area contributed by atoms with Crippen LogP contribution in [0.1, 0.15) is 43.1 Å². The predicted molar refractivity (Wildman–Crippen MR) is 113 cm³/mol. The second kappa shape index (κ2) is 7.72. The minimum atomic E-state index is -0.0882. The van der Waals surface area contributed by atoms with Crippen molar-refractivity contribution >= 4 is 23.3 Å². The number of hydrogen-bond donors (Lipinski definition) is 1. The normalized spacial score (nSPS) is 22.9.